The standard InChI is InChI=1S/C46H84O11/c1-14-34-26(5)30(9)39(48)43(51-34)55-41-32(11)28(7)36(16-3)53-45(41)57-42-33(12)29(8)37(17-4)54-46(42)56-40-31(10)27(6)35(15-2)52-44(40)50-25-23-21-19-18-20-22-24-38(47)49-13/h26-37,39-46,48H,14-25H2,1-13H3/t26-,27-,28-,29-,30-,31-,32-,33-,34?,35?,36?,37?,39?,40?,41?,42?,43+,44+,45+,46+/m0/s1. The van der Waals surface area contributed by atoms with Crippen LogP contribution in [0.4, 0.5) is 0 Å². The smallest absolute Gasteiger partial charge is 0.305 e. The quantitative estimate of drug-likeness (QED) is 0.0937. The van der Waals surface area contributed by atoms with E-state index in [9.17, 15) is 9.90 Å². The molecular weight excluding hydrogens is 728 g/mol. The van der Waals surface area contributed by atoms with Gasteiger partial charge in [-0.25, -0.2) is 0 Å². The second-order valence-corrected chi connectivity index (χ2v) is 18.3. The first kappa shape index (κ1) is 48.8. The fourth-order valence-electron chi connectivity index (χ4n) is 9.80. The fourth-order valence-corrected chi connectivity index (χ4v) is 9.80. The third-order valence-corrected chi connectivity index (χ3v) is 14.8. The van der Waals surface area contributed by atoms with Crippen LogP contribution in [0.5, 0.6) is 0 Å². The third kappa shape index (κ3) is 12.2. The number of unbranched alkanes of at least 4 members (excludes halogenated alkanes) is 5. The van der Waals surface area contributed by atoms with E-state index in [1.165, 1.54) is 7.11 Å². The zero-order chi connectivity index (χ0) is 42.0. The summed E-state index contributed by atoms with van der Waals surface area (Å²) < 4.78 is 59.3. The molecule has 0 bridgehead atoms. The molecule has 4 saturated heterocycles. The van der Waals surface area contributed by atoms with E-state index in [-0.39, 0.29) is 83.8 Å². The number of aliphatic hydroxyl groups is 1. The summed E-state index contributed by atoms with van der Waals surface area (Å²) in [5.41, 5.74) is 0. The van der Waals surface area contributed by atoms with Crippen molar-refractivity contribution in [2.45, 2.75) is 228 Å². The van der Waals surface area contributed by atoms with Crippen molar-refractivity contribution >= 4 is 5.97 Å². The first-order valence-electron chi connectivity index (χ1n) is 23.2. The molecule has 0 aromatic rings. The highest BCUT2D eigenvalue weighted by Crippen LogP contribution is 2.44. The van der Waals surface area contributed by atoms with Crippen molar-refractivity contribution in [1.29, 1.82) is 0 Å². The van der Waals surface area contributed by atoms with Crippen LogP contribution in [0.25, 0.3) is 0 Å². The van der Waals surface area contributed by atoms with Crippen LogP contribution in [0, 0.1) is 47.3 Å². The van der Waals surface area contributed by atoms with Crippen LogP contribution in [0.1, 0.15) is 154 Å². The monoisotopic (exact) mass is 813 g/mol. The van der Waals surface area contributed by atoms with Crippen molar-refractivity contribution in [3.05, 3.63) is 0 Å². The molecule has 57 heavy (non-hydrogen) atoms. The average molecular weight is 813 g/mol. The van der Waals surface area contributed by atoms with Gasteiger partial charge in [0.25, 0.3) is 0 Å². The minimum Gasteiger partial charge on any atom is -0.469 e. The van der Waals surface area contributed by atoms with E-state index in [1.54, 1.807) is 0 Å². The van der Waals surface area contributed by atoms with E-state index in [2.05, 4.69) is 83.1 Å². The van der Waals surface area contributed by atoms with Gasteiger partial charge in [-0.3, -0.25) is 4.79 Å². The molecule has 0 aromatic carbocycles. The van der Waals surface area contributed by atoms with Gasteiger partial charge in [0.15, 0.2) is 25.2 Å². The summed E-state index contributed by atoms with van der Waals surface area (Å²) in [5, 5.41) is 11.4. The molecule has 8 unspecified atom stereocenters. The van der Waals surface area contributed by atoms with Crippen molar-refractivity contribution in [2.75, 3.05) is 13.7 Å². The molecule has 4 aliphatic rings. The number of hydrogen-bond acceptors (Lipinski definition) is 11. The maximum Gasteiger partial charge on any atom is 0.305 e. The van der Waals surface area contributed by atoms with Crippen LogP contribution in [0.3, 0.4) is 0 Å². The molecule has 11 nitrogen and oxygen atoms in total. The number of methoxy groups -OCH3 is 1. The number of aliphatic hydroxyl groups excluding tert-OH is 1. The third-order valence-electron chi connectivity index (χ3n) is 14.8. The molecule has 0 radical (unpaired) electrons. The SMILES string of the molecule is CCC1O[C@H](OC2[C@@H](OC3[C@@H](OC4[C@H](OCCCCCCCCC(=O)OC)OC(CC)[C@@H](C)[C@@H]4C)OC(CC)[C@@H](C)[C@@H]3C)OC(CC)[C@@H](C)[C@@H]2C)C(O)[C@@H](C)[C@@H]1C. The van der Waals surface area contributed by atoms with Gasteiger partial charge in [0, 0.05) is 13.0 Å². The van der Waals surface area contributed by atoms with E-state index in [0.29, 0.717) is 13.0 Å². The number of esters is 1. The van der Waals surface area contributed by atoms with Crippen LogP contribution in [-0.4, -0.2) is 98.8 Å². The van der Waals surface area contributed by atoms with E-state index in [1.807, 2.05) is 0 Å². The predicted octanol–water partition coefficient (Wildman–Crippen LogP) is 9.05. The van der Waals surface area contributed by atoms with Gasteiger partial charge in [-0.2, -0.15) is 0 Å². The molecular formula is C46H84O11. The molecule has 334 valence electrons. The lowest BCUT2D eigenvalue weighted by Crippen LogP contribution is -2.61. The maximum absolute atomic E-state index is 11.4. The number of hydrogen-bond donors (Lipinski definition) is 1. The summed E-state index contributed by atoms with van der Waals surface area (Å²) in [6.45, 7) is 26.8. The minimum atomic E-state index is -0.776. The zero-order valence-corrected chi connectivity index (χ0v) is 38.1. The molecule has 0 spiro atoms. The Bertz CT molecular complexity index is 1160. The van der Waals surface area contributed by atoms with Gasteiger partial charge in [-0.15, -0.1) is 0 Å². The zero-order valence-electron chi connectivity index (χ0n) is 38.1. The van der Waals surface area contributed by atoms with Crippen molar-refractivity contribution in [3.8, 4) is 0 Å². The molecule has 1 N–H and O–H groups in total. The Labute approximate surface area is 346 Å². The molecule has 4 aliphatic heterocycles. The molecule has 0 aromatic heterocycles. The molecule has 0 saturated carbocycles. The maximum atomic E-state index is 11.4. The Morgan fingerprint density at radius 1 is 0.474 bits per heavy atom. The Hall–Kier alpha value is -0.890. The molecule has 4 rings (SSSR count). The normalized spacial score (nSPS) is 44.2. The Balaban J connectivity index is 1.52. The van der Waals surface area contributed by atoms with Crippen LogP contribution in [0.2, 0.25) is 0 Å². The average Bonchev–Trinajstić information content (AvgIpc) is 3.21. The lowest BCUT2D eigenvalue weighted by molar-refractivity contribution is -0.387. The van der Waals surface area contributed by atoms with Crippen molar-refractivity contribution in [1.82, 2.24) is 0 Å². The summed E-state index contributed by atoms with van der Waals surface area (Å²) in [7, 11) is 1.44. The van der Waals surface area contributed by atoms with Gasteiger partial charge < -0.3 is 47.7 Å². The lowest BCUT2D eigenvalue weighted by atomic mass is 9.80. The summed E-state index contributed by atoms with van der Waals surface area (Å²) in [4.78, 5) is 11.4. The largest absolute Gasteiger partial charge is 0.469 e. The van der Waals surface area contributed by atoms with Crippen LogP contribution in [0.15, 0.2) is 0 Å². The predicted molar refractivity (Wildman–Crippen MR) is 220 cm³/mol. The summed E-state index contributed by atoms with van der Waals surface area (Å²) >= 11 is 0. The number of rotatable bonds is 20. The summed E-state index contributed by atoms with van der Waals surface area (Å²) in [6.07, 6.45) is 5.28. The van der Waals surface area contributed by atoms with Crippen molar-refractivity contribution in [2.24, 2.45) is 47.3 Å². The van der Waals surface area contributed by atoms with Gasteiger partial charge in [0.1, 0.15) is 24.4 Å². The van der Waals surface area contributed by atoms with Crippen LogP contribution in [-0.2, 0) is 47.4 Å². The van der Waals surface area contributed by atoms with E-state index in [0.717, 1.165) is 64.2 Å². The molecule has 0 amide bonds. The van der Waals surface area contributed by atoms with Gasteiger partial charge in [-0.05, 0) is 85.9 Å². The van der Waals surface area contributed by atoms with Crippen LogP contribution < -0.4 is 0 Å². The van der Waals surface area contributed by atoms with E-state index in [4.69, 9.17) is 42.6 Å². The number of ether oxygens (including phenoxy) is 9. The van der Waals surface area contributed by atoms with Gasteiger partial charge >= 0.3 is 5.97 Å². The summed E-state index contributed by atoms with van der Waals surface area (Å²) in [6, 6.07) is 0. The molecule has 4 heterocycles. The first-order chi connectivity index (χ1) is 27.2. The highest BCUT2D eigenvalue weighted by molar-refractivity contribution is 5.68. The molecule has 4 fully saturated rings. The highest BCUT2D eigenvalue weighted by Gasteiger charge is 2.52. The van der Waals surface area contributed by atoms with Gasteiger partial charge in [0.2, 0.25) is 0 Å². The Morgan fingerprint density at radius 2 is 0.825 bits per heavy atom. The van der Waals surface area contributed by atoms with E-state index < -0.39 is 43.5 Å². The highest BCUT2D eigenvalue weighted by atomic mass is 16.8. The second kappa shape index (κ2) is 23.4. The lowest BCUT2D eigenvalue weighted by Gasteiger charge is -2.52. The topological polar surface area (TPSA) is 120 Å². The number of carbonyl (C=O) groups is 1. The first-order valence-corrected chi connectivity index (χ1v) is 23.2. The van der Waals surface area contributed by atoms with Gasteiger partial charge in [-0.1, -0.05) is 109 Å². The molecule has 0 aliphatic carbocycles. The fraction of sp³-hybridized carbons (Fsp3) is 0.978. The minimum absolute atomic E-state index is 0.000589. The molecule has 20 atom stereocenters. The van der Waals surface area contributed by atoms with E-state index >= 15 is 0 Å². The van der Waals surface area contributed by atoms with Crippen LogP contribution >= 0.6 is 0 Å². The summed E-state index contributed by atoms with van der Waals surface area (Å²) in [5.74, 6) is 1.11. The van der Waals surface area contributed by atoms with Crippen molar-refractivity contribution in [3.63, 3.8) is 0 Å². The Kier molecular flexibility index (Phi) is 20.0. The number of carbonyl (C=O) groups excluding carboxylic acids is 1. The molecule has 11 heteroatoms. The second-order valence-electron chi connectivity index (χ2n) is 18.3. The Morgan fingerprint density at radius 3 is 1.26 bits per heavy atom. The van der Waals surface area contributed by atoms with Gasteiger partial charge in [0.05, 0.1) is 31.5 Å². The van der Waals surface area contributed by atoms with Crippen molar-refractivity contribution < 1.29 is 52.5 Å².